The zero-order chi connectivity index (χ0) is 16.9. The number of para-hydroxylation sites is 2. The third-order valence-electron chi connectivity index (χ3n) is 3.92. The van der Waals surface area contributed by atoms with Crippen LogP contribution in [0.4, 0.5) is 10.1 Å². The Morgan fingerprint density at radius 2 is 2.00 bits per heavy atom. The van der Waals surface area contributed by atoms with Crippen molar-refractivity contribution in [3.63, 3.8) is 0 Å². The first-order chi connectivity index (χ1) is 11.7. The highest BCUT2D eigenvalue weighted by Gasteiger charge is 2.22. The summed E-state index contributed by atoms with van der Waals surface area (Å²) in [6.07, 6.45) is 0.795. The highest BCUT2D eigenvalue weighted by molar-refractivity contribution is 5.93. The average Bonchev–Trinajstić information content (AvgIpc) is 3.12. The van der Waals surface area contributed by atoms with E-state index >= 15 is 0 Å². The van der Waals surface area contributed by atoms with E-state index in [0.29, 0.717) is 23.7 Å². The fourth-order valence-electron chi connectivity index (χ4n) is 2.61. The van der Waals surface area contributed by atoms with Crippen molar-refractivity contribution in [2.24, 2.45) is 5.92 Å². The number of anilines is 1. The Hall–Kier alpha value is -2.60. The summed E-state index contributed by atoms with van der Waals surface area (Å²) in [5.41, 5.74) is 0.414. The number of methoxy groups -OCH3 is 1. The van der Waals surface area contributed by atoms with Crippen LogP contribution in [-0.4, -0.2) is 26.1 Å². The lowest BCUT2D eigenvalue weighted by molar-refractivity contribution is -0.119. The van der Waals surface area contributed by atoms with Crippen LogP contribution in [0.1, 0.15) is 6.42 Å². The lowest BCUT2D eigenvalue weighted by Crippen LogP contribution is -2.24. The molecule has 0 spiro atoms. The maximum absolute atomic E-state index is 14.3. The molecule has 1 amide bonds. The van der Waals surface area contributed by atoms with Gasteiger partial charge in [-0.15, -0.1) is 0 Å². The number of amides is 1. The molecule has 0 aliphatic carbocycles. The van der Waals surface area contributed by atoms with E-state index in [1.165, 1.54) is 19.2 Å². The van der Waals surface area contributed by atoms with E-state index < -0.39 is 5.82 Å². The first-order valence-corrected chi connectivity index (χ1v) is 7.79. The van der Waals surface area contributed by atoms with Crippen LogP contribution in [0.25, 0.3) is 0 Å². The van der Waals surface area contributed by atoms with Gasteiger partial charge in [-0.1, -0.05) is 12.1 Å². The Morgan fingerprint density at radius 1 is 1.21 bits per heavy atom. The number of nitrogens with one attached hydrogen (secondary N) is 2. The molecule has 1 atom stereocenters. The number of ether oxygens (including phenoxy) is 2. The summed E-state index contributed by atoms with van der Waals surface area (Å²) in [6, 6.07) is 11.4. The van der Waals surface area contributed by atoms with E-state index in [2.05, 4.69) is 10.6 Å². The molecular weight excluding hydrogens is 311 g/mol. The minimum Gasteiger partial charge on any atom is -0.493 e. The van der Waals surface area contributed by atoms with E-state index in [4.69, 9.17) is 9.47 Å². The van der Waals surface area contributed by atoms with E-state index in [-0.39, 0.29) is 17.6 Å². The second-order valence-corrected chi connectivity index (χ2v) is 5.58. The van der Waals surface area contributed by atoms with Gasteiger partial charge in [-0.25, -0.2) is 4.39 Å². The molecule has 24 heavy (non-hydrogen) atoms. The number of hydrogen-bond acceptors (Lipinski definition) is 4. The molecule has 6 heteroatoms. The van der Waals surface area contributed by atoms with Crippen LogP contribution in [0.3, 0.4) is 0 Å². The van der Waals surface area contributed by atoms with Crippen molar-refractivity contribution in [2.75, 3.05) is 25.5 Å². The third-order valence-corrected chi connectivity index (χ3v) is 3.92. The van der Waals surface area contributed by atoms with Gasteiger partial charge >= 0.3 is 0 Å². The summed E-state index contributed by atoms with van der Waals surface area (Å²) in [6.45, 7) is 1.49. The summed E-state index contributed by atoms with van der Waals surface area (Å²) in [7, 11) is 1.52. The number of hydrogen-bond donors (Lipinski definition) is 2. The van der Waals surface area contributed by atoms with E-state index in [9.17, 15) is 9.18 Å². The Balaban J connectivity index is 1.71. The van der Waals surface area contributed by atoms with Gasteiger partial charge in [0.15, 0.2) is 23.1 Å². The van der Waals surface area contributed by atoms with Gasteiger partial charge in [0.1, 0.15) is 0 Å². The van der Waals surface area contributed by atoms with Crippen molar-refractivity contribution in [2.45, 2.75) is 6.42 Å². The summed E-state index contributed by atoms with van der Waals surface area (Å²) in [4.78, 5) is 12.1. The normalized spacial score (nSPS) is 16.7. The van der Waals surface area contributed by atoms with Crippen molar-refractivity contribution in [3.8, 4) is 17.2 Å². The number of rotatable bonds is 5. The lowest BCUT2D eigenvalue weighted by atomic mass is 10.1. The summed E-state index contributed by atoms with van der Waals surface area (Å²) >= 11 is 0. The molecule has 1 unspecified atom stereocenters. The Bertz CT molecular complexity index is 730. The summed E-state index contributed by atoms with van der Waals surface area (Å²) in [5.74, 6) is 0.286. The maximum atomic E-state index is 14.3. The topological polar surface area (TPSA) is 59.6 Å². The SMILES string of the molecule is COc1ccccc1Oc1ccc(NC(=O)C2CCNC2)cc1F. The van der Waals surface area contributed by atoms with Crippen LogP contribution in [0.5, 0.6) is 17.2 Å². The van der Waals surface area contributed by atoms with Crippen molar-refractivity contribution in [1.82, 2.24) is 5.32 Å². The molecule has 1 heterocycles. The molecule has 0 radical (unpaired) electrons. The van der Waals surface area contributed by atoms with Crippen LogP contribution in [0.15, 0.2) is 42.5 Å². The maximum Gasteiger partial charge on any atom is 0.228 e. The first-order valence-electron chi connectivity index (χ1n) is 7.79. The van der Waals surface area contributed by atoms with Crippen LogP contribution < -0.4 is 20.1 Å². The third kappa shape index (κ3) is 3.65. The molecule has 1 fully saturated rings. The molecule has 0 bridgehead atoms. The van der Waals surface area contributed by atoms with Gasteiger partial charge in [0, 0.05) is 18.3 Å². The predicted molar refractivity (Wildman–Crippen MR) is 89.1 cm³/mol. The summed E-state index contributed by atoms with van der Waals surface area (Å²) in [5, 5.41) is 5.87. The molecule has 126 valence electrons. The quantitative estimate of drug-likeness (QED) is 0.884. The van der Waals surface area contributed by atoms with Crippen molar-refractivity contribution < 1.29 is 18.7 Å². The van der Waals surface area contributed by atoms with Crippen molar-refractivity contribution in [1.29, 1.82) is 0 Å². The second kappa shape index (κ2) is 7.31. The highest BCUT2D eigenvalue weighted by atomic mass is 19.1. The molecule has 1 aliphatic rings. The van der Waals surface area contributed by atoms with Crippen LogP contribution in [0, 0.1) is 11.7 Å². The molecule has 0 saturated carbocycles. The van der Waals surface area contributed by atoms with Gasteiger partial charge in [-0.2, -0.15) is 0 Å². The molecule has 3 rings (SSSR count). The summed E-state index contributed by atoms with van der Waals surface area (Å²) < 4.78 is 25.0. The zero-order valence-electron chi connectivity index (χ0n) is 13.3. The Morgan fingerprint density at radius 3 is 2.67 bits per heavy atom. The number of carbonyl (C=O) groups is 1. The first kappa shape index (κ1) is 16.3. The van der Waals surface area contributed by atoms with E-state index in [1.54, 1.807) is 30.3 Å². The minimum absolute atomic E-state index is 0.0695. The van der Waals surface area contributed by atoms with Crippen molar-refractivity contribution >= 4 is 11.6 Å². The molecular formula is C18H19FN2O3. The lowest BCUT2D eigenvalue weighted by Gasteiger charge is -2.13. The smallest absolute Gasteiger partial charge is 0.228 e. The van der Waals surface area contributed by atoms with Gasteiger partial charge in [-0.05, 0) is 37.2 Å². The largest absolute Gasteiger partial charge is 0.493 e. The molecule has 5 nitrogen and oxygen atoms in total. The number of carbonyl (C=O) groups excluding carboxylic acids is 1. The van der Waals surface area contributed by atoms with E-state index in [0.717, 1.165) is 13.0 Å². The average molecular weight is 330 g/mol. The standard InChI is InChI=1S/C18H19FN2O3/c1-23-16-4-2-3-5-17(16)24-15-7-6-13(10-14(15)19)21-18(22)12-8-9-20-11-12/h2-7,10,12,20H,8-9,11H2,1H3,(H,21,22). The Labute approximate surface area is 139 Å². The van der Waals surface area contributed by atoms with Crippen LogP contribution in [-0.2, 0) is 4.79 Å². The van der Waals surface area contributed by atoms with Gasteiger partial charge in [0.05, 0.1) is 13.0 Å². The van der Waals surface area contributed by atoms with Crippen LogP contribution >= 0.6 is 0 Å². The zero-order valence-corrected chi connectivity index (χ0v) is 13.3. The fraction of sp³-hybridized carbons (Fsp3) is 0.278. The number of halogens is 1. The molecule has 0 aromatic heterocycles. The fourth-order valence-corrected chi connectivity index (χ4v) is 2.61. The molecule has 1 aliphatic heterocycles. The van der Waals surface area contributed by atoms with Gasteiger partial charge in [0.25, 0.3) is 0 Å². The predicted octanol–water partition coefficient (Wildman–Crippen LogP) is 3.17. The van der Waals surface area contributed by atoms with Crippen LogP contribution in [0.2, 0.25) is 0 Å². The van der Waals surface area contributed by atoms with Gasteiger partial charge in [0.2, 0.25) is 5.91 Å². The Kier molecular flexibility index (Phi) is 4.96. The van der Waals surface area contributed by atoms with Crippen molar-refractivity contribution in [3.05, 3.63) is 48.3 Å². The van der Waals surface area contributed by atoms with Gasteiger partial charge < -0.3 is 20.1 Å². The highest BCUT2D eigenvalue weighted by Crippen LogP contribution is 2.33. The molecule has 2 aromatic carbocycles. The molecule has 2 N–H and O–H groups in total. The number of benzene rings is 2. The monoisotopic (exact) mass is 330 g/mol. The molecule has 2 aromatic rings. The van der Waals surface area contributed by atoms with E-state index in [1.807, 2.05) is 0 Å². The second-order valence-electron chi connectivity index (χ2n) is 5.58. The molecule has 1 saturated heterocycles. The van der Waals surface area contributed by atoms with Gasteiger partial charge in [-0.3, -0.25) is 4.79 Å². The minimum atomic E-state index is -0.553.